The quantitative estimate of drug-likeness (QED) is 0.299. The maximum atomic E-state index is 10.4. The third-order valence-electron chi connectivity index (χ3n) is 0.972. The minimum absolute atomic E-state index is 0. The van der Waals surface area contributed by atoms with E-state index in [0.29, 0.717) is 12.2 Å². The number of carboxylic acids is 1. The summed E-state index contributed by atoms with van der Waals surface area (Å²) in [6, 6.07) is 0. The first-order chi connectivity index (χ1) is 6.32. The molecule has 15 heavy (non-hydrogen) atoms. The fourth-order valence-corrected chi connectivity index (χ4v) is 0.254. The molecule has 0 rings (SSSR count). The van der Waals surface area contributed by atoms with Crippen molar-refractivity contribution in [1.82, 2.24) is 0 Å². The Balaban J connectivity index is -0.000000187. The van der Waals surface area contributed by atoms with E-state index < -0.39 is 5.97 Å². The topological polar surface area (TPSA) is 66.4 Å². The summed E-state index contributed by atoms with van der Waals surface area (Å²) in [5, 5.41) is 9.49. The first-order valence-corrected chi connectivity index (χ1v) is 4.02. The van der Waals surface area contributed by atoms with Crippen molar-refractivity contribution in [2.24, 2.45) is 0 Å². The van der Waals surface area contributed by atoms with E-state index >= 15 is 0 Å². The Morgan fingerprint density at radius 1 is 1.20 bits per heavy atom. The van der Waals surface area contributed by atoms with Crippen LogP contribution in [0.3, 0.4) is 0 Å². The number of carboxylic acid groups (broad SMARTS) is 1. The van der Waals surface area contributed by atoms with Gasteiger partial charge in [-0.3, -0.25) is 0 Å². The molecule has 0 fully saturated rings. The van der Waals surface area contributed by atoms with Gasteiger partial charge in [-0.05, 0) is 26.3 Å². The molecule has 0 aromatic heterocycles. The molecule has 0 spiro atoms. The van der Waals surface area contributed by atoms with E-state index in [1.807, 2.05) is 0 Å². The molecule has 0 atom stereocenters. The molecule has 5 heteroatoms. The minimum Gasteiger partial charge on any atom is -0.545 e. The summed E-state index contributed by atoms with van der Waals surface area (Å²) in [4.78, 5) is 19.9. The molecule has 0 aromatic carbocycles. The Kier molecular flexibility index (Phi) is 15.3. The van der Waals surface area contributed by atoms with E-state index in [1.165, 1.54) is 6.92 Å². The number of carbonyl (C=O) groups is 2. The van der Waals surface area contributed by atoms with E-state index in [1.54, 1.807) is 13.8 Å². The molecule has 0 aliphatic carbocycles. The molecule has 0 heterocycles. The molecule has 0 unspecified atom stereocenters. The first-order valence-electron chi connectivity index (χ1n) is 4.02. The van der Waals surface area contributed by atoms with Gasteiger partial charge in [-0.2, -0.15) is 0 Å². The van der Waals surface area contributed by atoms with Crippen LogP contribution in [0.15, 0.2) is 24.3 Å². The van der Waals surface area contributed by atoms with Gasteiger partial charge in [-0.15, -0.1) is 0 Å². The standard InChI is InChI=1S/C6H10O2.C4H6O2.Na/c1-4-8-6(7)5(2)3;1-3(2)4(5)6;/h2,4H2,1,3H3;1H2,2H3,(H,5,6);/q;;+1/p-1. The van der Waals surface area contributed by atoms with Crippen molar-refractivity contribution >= 4 is 11.9 Å². The molecule has 0 saturated heterocycles. The smallest absolute Gasteiger partial charge is 0.545 e. The molecule has 0 amide bonds. The van der Waals surface area contributed by atoms with E-state index in [9.17, 15) is 14.7 Å². The van der Waals surface area contributed by atoms with Crippen molar-refractivity contribution in [1.29, 1.82) is 0 Å². The summed E-state index contributed by atoms with van der Waals surface area (Å²) >= 11 is 0. The van der Waals surface area contributed by atoms with Gasteiger partial charge in [0, 0.05) is 5.57 Å². The van der Waals surface area contributed by atoms with Gasteiger partial charge in [0.05, 0.1) is 12.6 Å². The van der Waals surface area contributed by atoms with Crippen molar-refractivity contribution in [3.05, 3.63) is 24.3 Å². The van der Waals surface area contributed by atoms with Crippen LogP contribution >= 0.6 is 0 Å². The molecule has 0 radical (unpaired) electrons. The Bertz CT molecular complexity index is 234. The zero-order valence-electron chi connectivity index (χ0n) is 9.75. The Hall–Kier alpha value is -0.580. The zero-order valence-corrected chi connectivity index (χ0v) is 11.8. The van der Waals surface area contributed by atoms with Crippen molar-refractivity contribution < 1.29 is 49.0 Å². The van der Waals surface area contributed by atoms with Crippen molar-refractivity contribution in [2.45, 2.75) is 20.8 Å². The number of carbonyl (C=O) groups excluding carboxylic acids is 2. The molecule has 80 valence electrons. The van der Waals surface area contributed by atoms with Crippen LogP contribution in [-0.4, -0.2) is 18.5 Å². The molecule has 0 aliphatic heterocycles. The van der Waals surface area contributed by atoms with Crippen molar-refractivity contribution in [3.63, 3.8) is 0 Å². The first kappa shape index (κ1) is 19.9. The van der Waals surface area contributed by atoms with Gasteiger partial charge in [-0.1, -0.05) is 13.2 Å². The van der Waals surface area contributed by atoms with E-state index in [-0.39, 0.29) is 41.1 Å². The fraction of sp³-hybridized carbons (Fsp3) is 0.400. The summed E-state index contributed by atoms with van der Waals surface area (Å²) in [6.45, 7) is 11.7. The van der Waals surface area contributed by atoms with E-state index in [2.05, 4.69) is 17.9 Å². The summed E-state index contributed by atoms with van der Waals surface area (Å²) in [7, 11) is 0. The molecular weight excluding hydrogens is 207 g/mol. The van der Waals surface area contributed by atoms with Crippen LogP contribution < -0.4 is 34.7 Å². The number of hydrogen-bond donors (Lipinski definition) is 0. The van der Waals surface area contributed by atoms with Crippen molar-refractivity contribution in [2.75, 3.05) is 6.61 Å². The predicted molar refractivity (Wildman–Crippen MR) is 51.3 cm³/mol. The average molecular weight is 222 g/mol. The number of esters is 1. The number of ether oxygens (including phenoxy) is 1. The van der Waals surface area contributed by atoms with Gasteiger partial charge >= 0.3 is 35.5 Å². The molecular formula is C10H15NaO4. The summed E-state index contributed by atoms with van der Waals surface area (Å²) in [5.41, 5.74) is 0.516. The Labute approximate surface area is 112 Å². The Morgan fingerprint density at radius 2 is 1.53 bits per heavy atom. The summed E-state index contributed by atoms with van der Waals surface area (Å²) < 4.78 is 4.56. The minimum atomic E-state index is -1.19. The van der Waals surface area contributed by atoms with E-state index in [4.69, 9.17) is 0 Å². The second kappa shape index (κ2) is 11.5. The molecule has 4 nitrogen and oxygen atoms in total. The second-order valence-corrected chi connectivity index (χ2v) is 2.57. The average Bonchev–Trinajstić information content (AvgIpc) is 2.05. The van der Waals surface area contributed by atoms with Gasteiger partial charge in [0.1, 0.15) is 0 Å². The van der Waals surface area contributed by atoms with Gasteiger partial charge in [0.15, 0.2) is 0 Å². The third-order valence-corrected chi connectivity index (χ3v) is 0.972. The SMILES string of the molecule is C=C(C)C(=O)OCC.C=C(C)C(=O)[O-].[Na+]. The number of hydrogen-bond acceptors (Lipinski definition) is 4. The maximum absolute atomic E-state index is 10.4. The Morgan fingerprint density at radius 3 is 1.60 bits per heavy atom. The molecule has 0 bridgehead atoms. The third kappa shape index (κ3) is 16.1. The van der Waals surface area contributed by atoms with Crippen LogP contribution in [0.4, 0.5) is 0 Å². The van der Waals surface area contributed by atoms with Crippen LogP contribution in [0, 0.1) is 0 Å². The van der Waals surface area contributed by atoms with Crippen molar-refractivity contribution in [3.8, 4) is 0 Å². The van der Waals surface area contributed by atoms with Gasteiger partial charge in [0.2, 0.25) is 0 Å². The van der Waals surface area contributed by atoms with E-state index in [0.717, 1.165) is 0 Å². The fourth-order valence-electron chi connectivity index (χ4n) is 0.254. The molecule has 0 aromatic rings. The van der Waals surface area contributed by atoms with Gasteiger partial charge < -0.3 is 14.6 Å². The normalized spacial score (nSPS) is 7.40. The van der Waals surface area contributed by atoms with Crippen LogP contribution in [0.2, 0.25) is 0 Å². The molecule has 0 N–H and O–H groups in total. The second-order valence-electron chi connectivity index (χ2n) is 2.57. The van der Waals surface area contributed by atoms with Gasteiger partial charge in [-0.25, -0.2) is 4.79 Å². The van der Waals surface area contributed by atoms with Crippen LogP contribution in [-0.2, 0) is 14.3 Å². The van der Waals surface area contributed by atoms with Crippen LogP contribution in [0.5, 0.6) is 0 Å². The number of aliphatic carboxylic acids is 1. The van der Waals surface area contributed by atoms with Crippen LogP contribution in [0.1, 0.15) is 20.8 Å². The summed E-state index contributed by atoms with van der Waals surface area (Å²) in [6.07, 6.45) is 0. The number of rotatable bonds is 3. The summed E-state index contributed by atoms with van der Waals surface area (Å²) in [5.74, 6) is -1.50. The largest absolute Gasteiger partial charge is 1.00 e. The van der Waals surface area contributed by atoms with Crippen LogP contribution in [0.25, 0.3) is 0 Å². The molecule has 0 aliphatic rings. The monoisotopic (exact) mass is 222 g/mol. The predicted octanol–water partition coefficient (Wildman–Crippen LogP) is -2.56. The molecule has 0 saturated carbocycles. The maximum Gasteiger partial charge on any atom is 1.00 e. The zero-order chi connectivity index (χ0) is 11.7. The van der Waals surface area contributed by atoms with Gasteiger partial charge in [0.25, 0.3) is 0 Å².